The van der Waals surface area contributed by atoms with Gasteiger partial charge in [-0.2, -0.15) is 0 Å². The summed E-state index contributed by atoms with van der Waals surface area (Å²) in [4.78, 5) is 11.0. The Morgan fingerprint density at radius 3 is 2.85 bits per heavy atom. The van der Waals surface area contributed by atoms with E-state index in [9.17, 15) is 0 Å². The van der Waals surface area contributed by atoms with Crippen LogP contribution in [0.2, 0.25) is 0 Å². The molecule has 2 heterocycles. The zero-order valence-corrected chi connectivity index (χ0v) is 12.4. The van der Waals surface area contributed by atoms with Crippen molar-refractivity contribution in [1.82, 2.24) is 15.3 Å². The third-order valence-electron chi connectivity index (χ3n) is 3.21. The molecule has 20 heavy (non-hydrogen) atoms. The van der Waals surface area contributed by atoms with E-state index in [4.69, 9.17) is 0 Å². The molecule has 0 saturated carbocycles. The maximum absolute atomic E-state index is 4.55. The molecular formula is C16H22N4. The summed E-state index contributed by atoms with van der Waals surface area (Å²) in [6, 6.07) is 8.19. The van der Waals surface area contributed by atoms with E-state index in [0.717, 1.165) is 36.7 Å². The quantitative estimate of drug-likeness (QED) is 0.876. The van der Waals surface area contributed by atoms with E-state index in [1.165, 1.54) is 5.56 Å². The molecule has 2 aromatic heterocycles. The first-order valence-corrected chi connectivity index (χ1v) is 6.98. The van der Waals surface area contributed by atoms with E-state index in [1.807, 2.05) is 31.5 Å². The number of hydrogen-bond acceptors (Lipinski definition) is 4. The fourth-order valence-electron chi connectivity index (χ4n) is 2.18. The van der Waals surface area contributed by atoms with Gasteiger partial charge in [0.15, 0.2) is 0 Å². The Balaban J connectivity index is 2.14. The summed E-state index contributed by atoms with van der Waals surface area (Å²) < 4.78 is 0. The molecule has 2 aromatic rings. The summed E-state index contributed by atoms with van der Waals surface area (Å²) in [7, 11) is 2.08. The van der Waals surface area contributed by atoms with Crippen molar-refractivity contribution in [2.24, 2.45) is 0 Å². The van der Waals surface area contributed by atoms with Crippen LogP contribution in [0.5, 0.6) is 0 Å². The Kier molecular flexibility index (Phi) is 5.07. The molecular weight excluding hydrogens is 248 g/mol. The predicted octanol–water partition coefficient (Wildman–Crippen LogP) is 2.53. The van der Waals surface area contributed by atoms with Crippen LogP contribution in [0.15, 0.2) is 36.7 Å². The van der Waals surface area contributed by atoms with Crippen molar-refractivity contribution in [3.63, 3.8) is 0 Å². The van der Waals surface area contributed by atoms with Gasteiger partial charge in [-0.1, -0.05) is 13.0 Å². The third-order valence-corrected chi connectivity index (χ3v) is 3.21. The Morgan fingerprint density at radius 2 is 2.10 bits per heavy atom. The zero-order chi connectivity index (χ0) is 14.4. The SMILES string of the molecule is CCNCc1ccncc1N(C)Cc1cccc(C)n1. The highest BCUT2D eigenvalue weighted by Gasteiger charge is 2.08. The summed E-state index contributed by atoms with van der Waals surface area (Å²) in [5.74, 6) is 0. The summed E-state index contributed by atoms with van der Waals surface area (Å²) in [6.45, 7) is 6.74. The molecule has 0 fully saturated rings. The molecule has 106 valence electrons. The van der Waals surface area contributed by atoms with Crippen molar-refractivity contribution in [2.45, 2.75) is 26.9 Å². The van der Waals surface area contributed by atoms with Crippen LogP contribution in [0.1, 0.15) is 23.9 Å². The molecule has 4 heteroatoms. The maximum atomic E-state index is 4.55. The van der Waals surface area contributed by atoms with Gasteiger partial charge in [0.25, 0.3) is 0 Å². The van der Waals surface area contributed by atoms with Gasteiger partial charge in [-0.3, -0.25) is 9.97 Å². The molecule has 1 N–H and O–H groups in total. The van der Waals surface area contributed by atoms with E-state index >= 15 is 0 Å². The van der Waals surface area contributed by atoms with Crippen molar-refractivity contribution in [3.05, 3.63) is 53.6 Å². The normalized spacial score (nSPS) is 10.6. The van der Waals surface area contributed by atoms with Crippen LogP contribution in [-0.4, -0.2) is 23.6 Å². The molecule has 0 amide bonds. The fraction of sp³-hybridized carbons (Fsp3) is 0.375. The monoisotopic (exact) mass is 270 g/mol. The number of pyridine rings is 2. The first kappa shape index (κ1) is 14.5. The summed E-state index contributed by atoms with van der Waals surface area (Å²) in [5, 5.41) is 3.36. The Morgan fingerprint density at radius 1 is 1.25 bits per heavy atom. The van der Waals surface area contributed by atoms with Gasteiger partial charge in [0.2, 0.25) is 0 Å². The van der Waals surface area contributed by atoms with Gasteiger partial charge < -0.3 is 10.2 Å². The molecule has 0 atom stereocenters. The smallest absolute Gasteiger partial charge is 0.0600 e. The number of rotatable bonds is 6. The largest absolute Gasteiger partial charge is 0.367 e. The molecule has 4 nitrogen and oxygen atoms in total. The van der Waals surface area contributed by atoms with E-state index in [-0.39, 0.29) is 0 Å². The number of nitrogens with one attached hydrogen (secondary N) is 1. The molecule has 2 rings (SSSR count). The minimum atomic E-state index is 0.784. The van der Waals surface area contributed by atoms with Crippen LogP contribution in [0, 0.1) is 6.92 Å². The van der Waals surface area contributed by atoms with E-state index in [1.54, 1.807) is 0 Å². The predicted molar refractivity (Wildman–Crippen MR) is 82.7 cm³/mol. The molecule has 0 unspecified atom stereocenters. The van der Waals surface area contributed by atoms with Gasteiger partial charge >= 0.3 is 0 Å². The number of nitrogens with zero attached hydrogens (tertiary/aromatic N) is 3. The van der Waals surface area contributed by atoms with Gasteiger partial charge in [-0.15, -0.1) is 0 Å². The van der Waals surface area contributed by atoms with Crippen molar-refractivity contribution < 1.29 is 0 Å². The Bertz CT molecular complexity index is 554. The number of aromatic nitrogens is 2. The average Bonchev–Trinajstić information content (AvgIpc) is 2.45. The maximum Gasteiger partial charge on any atom is 0.0600 e. The summed E-state index contributed by atoms with van der Waals surface area (Å²) in [6.07, 6.45) is 3.76. The topological polar surface area (TPSA) is 41.1 Å². The lowest BCUT2D eigenvalue weighted by Gasteiger charge is -2.22. The molecule has 0 aliphatic heterocycles. The first-order valence-electron chi connectivity index (χ1n) is 6.98. The second-order valence-electron chi connectivity index (χ2n) is 4.91. The molecule has 0 saturated heterocycles. The standard InChI is InChI=1S/C16H22N4/c1-4-17-10-14-8-9-18-11-16(14)20(3)12-15-7-5-6-13(2)19-15/h5-9,11,17H,4,10,12H2,1-3H3. The van der Waals surface area contributed by atoms with Crippen LogP contribution in [0.25, 0.3) is 0 Å². The van der Waals surface area contributed by atoms with Crippen LogP contribution in [0.4, 0.5) is 5.69 Å². The highest BCUT2D eigenvalue weighted by molar-refractivity contribution is 5.51. The Labute approximate surface area is 120 Å². The second-order valence-corrected chi connectivity index (χ2v) is 4.91. The second kappa shape index (κ2) is 7.01. The van der Waals surface area contributed by atoms with Crippen LogP contribution < -0.4 is 10.2 Å². The van der Waals surface area contributed by atoms with Crippen molar-refractivity contribution in [2.75, 3.05) is 18.5 Å². The minimum absolute atomic E-state index is 0.784. The van der Waals surface area contributed by atoms with E-state index in [2.05, 4.69) is 46.3 Å². The van der Waals surface area contributed by atoms with Gasteiger partial charge in [0.1, 0.15) is 0 Å². The molecule has 0 aliphatic carbocycles. The number of hydrogen-bond donors (Lipinski definition) is 1. The fourth-order valence-corrected chi connectivity index (χ4v) is 2.18. The highest BCUT2D eigenvalue weighted by Crippen LogP contribution is 2.19. The average molecular weight is 270 g/mol. The minimum Gasteiger partial charge on any atom is -0.367 e. The van der Waals surface area contributed by atoms with E-state index in [0.29, 0.717) is 0 Å². The van der Waals surface area contributed by atoms with E-state index < -0.39 is 0 Å². The molecule has 0 aromatic carbocycles. The molecule has 0 aliphatic rings. The summed E-state index contributed by atoms with van der Waals surface area (Å²) in [5.41, 5.74) is 4.54. The van der Waals surface area contributed by atoms with Crippen LogP contribution in [-0.2, 0) is 13.1 Å². The van der Waals surface area contributed by atoms with Gasteiger partial charge in [-0.25, -0.2) is 0 Å². The zero-order valence-electron chi connectivity index (χ0n) is 12.4. The highest BCUT2D eigenvalue weighted by atomic mass is 15.1. The van der Waals surface area contributed by atoms with Gasteiger partial charge in [-0.05, 0) is 37.2 Å². The van der Waals surface area contributed by atoms with Crippen LogP contribution in [0.3, 0.4) is 0 Å². The lowest BCUT2D eigenvalue weighted by atomic mass is 10.2. The first-order chi connectivity index (χ1) is 9.70. The van der Waals surface area contributed by atoms with Crippen molar-refractivity contribution >= 4 is 5.69 Å². The van der Waals surface area contributed by atoms with Crippen molar-refractivity contribution in [1.29, 1.82) is 0 Å². The molecule has 0 spiro atoms. The van der Waals surface area contributed by atoms with Crippen LogP contribution >= 0.6 is 0 Å². The number of anilines is 1. The lowest BCUT2D eigenvalue weighted by Crippen LogP contribution is -2.21. The molecule has 0 bridgehead atoms. The lowest BCUT2D eigenvalue weighted by molar-refractivity contribution is 0.721. The van der Waals surface area contributed by atoms with Crippen molar-refractivity contribution in [3.8, 4) is 0 Å². The molecule has 0 radical (unpaired) electrons. The summed E-state index contributed by atoms with van der Waals surface area (Å²) >= 11 is 0. The number of aryl methyl sites for hydroxylation is 1. The van der Waals surface area contributed by atoms with Gasteiger partial charge in [0, 0.05) is 25.5 Å². The Hall–Kier alpha value is -1.94. The third kappa shape index (κ3) is 3.78. The van der Waals surface area contributed by atoms with Gasteiger partial charge in [0.05, 0.1) is 24.1 Å².